The van der Waals surface area contributed by atoms with E-state index in [2.05, 4.69) is 19.6 Å². The number of sulfonamides is 1. The molecule has 26 heavy (non-hydrogen) atoms. The third kappa shape index (κ3) is 4.56. The van der Waals surface area contributed by atoms with E-state index < -0.39 is 10.0 Å². The maximum atomic E-state index is 12.6. The minimum absolute atomic E-state index is 0.172. The molecule has 0 unspecified atom stereocenters. The highest BCUT2D eigenvalue weighted by atomic mass is 35.5. The van der Waals surface area contributed by atoms with Crippen LogP contribution in [0.15, 0.2) is 30.5 Å². The van der Waals surface area contributed by atoms with Crippen LogP contribution in [0.2, 0.25) is 5.02 Å². The lowest BCUT2D eigenvalue weighted by Crippen LogP contribution is -2.24. The van der Waals surface area contributed by atoms with Crippen LogP contribution < -0.4 is 14.5 Å². The van der Waals surface area contributed by atoms with Crippen molar-refractivity contribution in [3.8, 4) is 0 Å². The van der Waals surface area contributed by atoms with Crippen molar-refractivity contribution in [2.75, 3.05) is 41.7 Å². The van der Waals surface area contributed by atoms with Gasteiger partial charge in [-0.3, -0.25) is 4.72 Å². The lowest BCUT2D eigenvalue weighted by Gasteiger charge is -2.21. The van der Waals surface area contributed by atoms with Gasteiger partial charge in [-0.25, -0.2) is 13.4 Å². The average molecular weight is 396 g/mol. The van der Waals surface area contributed by atoms with E-state index in [0.29, 0.717) is 28.0 Å². The molecule has 1 aromatic heterocycles. The number of hydrogen-bond acceptors (Lipinski definition) is 6. The summed E-state index contributed by atoms with van der Waals surface area (Å²) in [4.78, 5) is 12.8. The SMILES string of the molecule is CN(C)c1nc(N2CCCC2)ncc1NS(=O)(=O)Cc1cccc(Cl)c1. The highest BCUT2D eigenvalue weighted by molar-refractivity contribution is 7.91. The molecular formula is C17H22ClN5O2S. The van der Waals surface area contributed by atoms with E-state index >= 15 is 0 Å². The second kappa shape index (κ2) is 7.67. The Kier molecular flexibility index (Phi) is 5.52. The first-order valence-electron chi connectivity index (χ1n) is 8.38. The second-order valence-electron chi connectivity index (χ2n) is 6.49. The minimum Gasteiger partial charge on any atom is -0.361 e. The van der Waals surface area contributed by atoms with Crippen molar-refractivity contribution in [2.45, 2.75) is 18.6 Å². The Morgan fingerprint density at radius 1 is 1.27 bits per heavy atom. The van der Waals surface area contributed by atoms with Crippen LogP contribution in [0.4, 0.5) is 17.5 Å². The minimum atomic E-state index is -3.62. The van der Waals surface area contributed by atoms with E-state index in [-0.39, 0.29) is 5.75 Å². The molecule has 0 atom stereocenters. The molecular weight excluding hydrogens is 374 g/mol. The number of halogens is 1. The van der Waals surface area contributed by atoms with Crippen LogP contribution in [0.1, 0.15) is 18.4 Å². The number of aromatic nitrogens is 2. The monoisotopic (exact) mass is 395 g/mol. The maximum Gasteiger partial charge on any atom is 0.237 e. The van der Waals surface area contributed by atoms with Gasteiger partial charge in [0.15, 0.2) is 5.82 Å². The van der Waals surface area contributed by atoms with E-state index in [1.165, 1.54) is 6.20 Å². The van der Waals surface area contributed by atoms with E-state index in [0.717, 1.165) is 25.9 Å². The zero-order chi connectivity index (χ0) is 18.7. The molecule has 1 saturated heterocycles. The predicted molar refractivity (Wildman–Crippen MR) is 106 cm³/mol. The molecule has 2 aromatic rings. The smallest absolute Gasteiger partial charge is 0.237 e. The molecule has 0 radical (unpaired) electrons. The highest BCUT2D eigenvalue weighted by Gasteiger charge is 2.20. The van der Waals surface area contributed by atoms with Crippen LogP contribution in [-0.4, -0.2) is 45.6 Å². The largest absolute Gasteiger partial charge is 0.361 e. The summed E-state index contributed by atoms with van der Waals surface area (Å²) in [6, 6.07) is 6.80. The van der Waals surface area contributed by atoms with Crippen LogP contribution in [-0.2, 0) is 15.8 Å². The Balaban J connectivity index is 1.83. The molecule has 7 nitrogen and oxygen atoms in total. The summed E-state index contributed by atoms with van der Waals surface area (Å²) < 4.78 is 27.7. The Hall–Kier alpha value is -2.06. The molecule has 0 aliphatic carbocycles. The van der Waals surface area contributed by atoms with Gasteiger partial charge in [-0.05, 0) is 30.5 Å². The van der Waals surface area contributed by atoms with Crippen LogP contribution in [0, 0.1) is 0 Å². The van der Waals surface area contributed by atoms with Crippen LogP contribution in [0.5, 0.6) is 0 Å². The van der Waals surface area contributed by atoms with E-state index in [1.807, 2.05) is 14.1 Å². The van der Waals surface area contributed by atoms with Crippen molar-refractivity contribution in [3.05, 3.63) is 41.0 Å². The van der Waals surface area contributed by atoms with Crippen LogP contribution in [0.3, 0.4) is 0 Å². The molecule has 1 aliphatic rings. The molecule has 140 valence electrons. The first kappa shape index (κ1) is 18.7. The highest BCUT2D eigenvalue weighted by Crippen LogP contribution is 2.27. The topological polar surface area (TPSA) is 78.4 Å². The Morgan fingerprint density at radius 3 is 2.65 bits per heavy atom. The summed E-state index contributed by atoms with van der Waals surface area (Å²) in [5.41, 5.74) is 0.978. The van der Waals surface area contributed by atoms with E-state index in [4.69, 9.17) is 11.6 Å². The summed E-state index contributed by atoms with van der Waals surface area (Å²) in [5.74, 6) is 0.995. The fraction of sp³-hybridized carbons (Fsp3) is 0.412. The Morgan fingerprint density at radius 2 is 2.00 bits per heavy atom. The van der Waals surface area contributed by atoms with E-state index in [1.54, 1.807) is 29.2 Å². The average Bonchev–Trinajstić information content (AvgIpc) is 3.08. The van der Waals surface area contributed by atoms with Gasteiger partial charge in [0.25, 0.3) is 0 Å². The molecule has 3 rings (SSSR count). The molecule has 1 N–H and O–H groups in total. The summed E-state index contributed by atoms with van der Waals surface area (Å²) in [6.07, 6.45) is 3.77. The zero-order valence-electron chi connectivity index (χ0n) is 14.8. The molecule has 1 aromatic carbocycles. The van der Waals surface area contributed by atoms with Gasteiger partial charge < -0.3 is 9.80 Å². The predicted octanol–water partition coefficient (Wildman–Crippen LogP) is 2.74. The second-order valence-corrected chi connectivity index (χ2v) is 8.65. The van der Waals surface area contributed by atoms with Gasteiger partial charge in [-0.1, -0.05) is 23.7 Å². The number of nitrogens with zero attached hydrogens (tertiary/aromatic N) is 4. The standard InChI is InChI=1S/C17H22ClN5O2S/c1-22(2)16-15(11-19-17(20-16)23-8-3-4-9-23)21-26(24,25)12-13-6-5-7-14(18)10-13/h5-7,10-11,21H,3-4,8-9,12H2,1-2H3. The van der Waals surface area contributed by atoms with E-state index in [9.17, 15) is 8.42 Å². The fourth-order valence-corrected chi connectivity index (χ4v) is 4.28. The van der Waals surface area contributed by atoms with Crippen LogP contribution >= 0.6 is 11.6 Å². The molecule has 9 heteroatoms. The van der Waals surface area contributed by atoms with Gasteiger partial charge in [0.05, 0.1) is 11.9 Å². The summed E-state index contributed by atoms with van der Waals surface area (Å²) >= 11 is 5.93. The molecule has 0 saturated carbocycles. The Bertz CT molecular complexity index is 882. The quantitative estimate of drug-likeness (QED) is 0.810. The van der Waals surface area contributed by atoms with Crippen molar-refractivity contribution in [1.82, 2.24) is 9.97 Å². The molecule has 0 bridgehead atoms. The van der Waals surface area contributed by atoms with Gasteiger partial charge >= 0.3 is 0 Å². The van der Waals surface area contributed by atoms with Crippen molar-refractivity contribution in [2.24, 2.45) is 0 Å². The maximum absolute atomic E-state index is 12.6. The lowest BCUT2D eigenvalue weighted by atomic mass is 10.2. The zero-order valence-corrected chi connectivity index (χ0v) is 16.4. The number of benzene rings is 1. The molecule has 0 spiro atoms. The fourth-order valence-electron chi connectivity index (χ4n) is 2.90. The number of nitrogens with one attached hydrogen (secondary N) is 1. The van der Waals surface area contributed by atoms with Crippen molar-refractivity contribution in [3.63, 3.8) is 0 Å². The summed E-state index contributed by atoms with van der Waals surface area (Å²) in [5, 5.41) is 0.505. The molecule has 0 amide bonds. The molecule has 1 fully saturated rings. The van der Waals surface area contributed by atoms with Gasteiger partial charge in [-0.2, -0.15) is 4.98 Å². The van der Waals surface area contributed by atoms with Crippen molar-refractivity contribution in [1.29, 1.82) is 0 Å². The summed E-state index contributed by atoms with van der Waals surface area (Å²) in [6.45, 7) is 1.85. The van der Waals surface area contributed by atoms with Gasteiger partial charge in [0.1, 0.15) is 5.69 Å². The summed E-state index contributed by atoms with van der Waals surface area (Å²) in [7, 11) is 0.0273. The molecule has 2 heterocycles. The lowest BCUT2D eigenvalue weighted by molar-refractivity contribution is 0.600. The van der Waals surface area contributed by atoms with Gasteiger partial charge in [0.2, 0.25) is 16.0 Å². The van der Waals surface area contributed by atoms with Gasteiger partial charge in [-0.15, -0.1) is 0 Å². The van der Waals surface area contributed by atoms with Crippen molar-refractivity contribution < 1.29 is 8.42 Å². The van der Waals surface area contributed by atoms with Gasteiger partial charge in [0, 0.05) is 32.2 Å². The number of rotatable bonds is 6. The van der Waals surface area contributed by atoms with Crippen molar-refractivity contribution >= 4 is 39.1 Å². The Labute approximate surface area is 159 Å². The first-order valence-corrected chi connectivity index (χ1v) is 10.4. The number of anilines is 3. The molecule has 1 aliphatic heterocycles. The van der Waals surface area contributed by atoms with Crippen LogP contribution in [0.25, 0.3) is 0 Å². The normalized spacial score (nSPS) is 14.5. The first-order chi connectivity index (χ1) is 12.3. The number of hydrogen-bond donors (Lipinski definition) is 1. The third-order valence-corrected chi connectivity index (χ3v) is 5.56. The third-order valence-electron chi connectivity index (χ3n) is 4.08.